The summed E-state index contributed by atoms with van der Waals surface area (Å²) in [7, 11) is 0. The van der Waals surface area contributed by atoms with E-state index in [2.05, 4.69) is 10.2 Å². The zero-order valence-electron chi connectivity index (χ0n) is 13.6. The average Bonchev–Trinajstić information content (AvgIpc) is 3.24. The first-order valence-corrected chi connectivity index (χ1v) is 8.54. The van der Waals surface area contributed by atoms with Gasteiger partial charge in [0.05, 0.1) is 11.7 Å². The van der Waals surface area contributed by atoms with E-state index in [0.29, 0.717) is 18.7 Å². The molecule has 2 N–H and O–H groups in total. The number of esters is 1. The molecule has 5 nitrogen and oxygen atoms in total. The second-order valence-electron chi connectivity index (χ2n) is 7.10. The van der Waals surface area contributed by atoms with Crippen LogP contribution in [0.1, 0.15) is 52.4 Å². The van der Waals surface area contributed by atoms with Crippen molar-refractivity contribution in [2.45, 2.75) is 44.4 Å². The molecule has 0 aromatic heterocycles. The van der Waals surface area contributed by atoms with Gasteiger partial charge in [-0.25, -0.2) is 4.79 Å². The first-order chi connectivity index (χ1) is 11.1. The quantitative estimate of drug-likeness (QED) is 0.828. The fourth-order valence-electron chi connectivity index (χ4n) is 4.53. The van der Waals surface area contributed by atoms with E-state index in [0.717, 1.165) is 36.3 Å². The highest BCUT2D eigenvalue weighted by Gasteiger charge is 2.43. The second kappa shape index (κ2) is 5.58. The molecule has 0 amide bonds. The molecule has 3 heterocycles. The summed E-state index contributed by atoms with van der Waals surface area (Å²) in [6.45, 7) is 6.14. The number of β-amino-alcohol motifs (C(OH)–C–C–N with tert-alkyl or cyclic N) is 1. The number of aliphatic hydroxyl groups excluding tert-OH is 1. The Labute approximate surface area is 136 Å². The van der Waals surface area contributed by atoms with Gasteiger partial charge in [-0.1, -0.05) is 6.07 Å². The van der Waals surface area contributed by atoms with Crippen molar-refractivity contribution in [3.8, 4) is 0 Å². The zero-order chi connectivity index (χ0) is 16.0. The number of nitrogens with one attached hydrogen (secondary N) is 1. The number of hydrogen-bond acceptors (Lipinski definition) is 5. The number of hydrogen-bond donors (Lipinski definition) is 2. The van der Waals surface area contributed by atoms with Crippen LogP contribution in [0, 0.1) is 6.92 Å². The average molecular weight is 316 g/mol. The number of carbonyl (C=O) groups excluding carboxylic acids is 1. The van der Waals surface area contributed by atoms with Gasteiger partial charge in [0.15, 0.2) is 0 Å². The van der Waals surface area contributed by atoms with Crippen LogP contribution in [0.4, 0.5) is 0 Å². The van der Waals surface area contributed by atoms with Gasteiger partial charge < -0.3 is 15.2 Å². The first kappa shape index (κ1) is 15.1. The number of aliphatic hydroxyl groups is 1. The molecule has 1 aromatic carbocycles. The first-order valence-electron chi connectivity index (χ1n) is 8.54. The molecule has 2 saturated heterocycles. The molecule has 4 rings (SSSR count). The minimum atomic E-state index is -0.522. The molecule has 1 unspecified atom stereocenters. The molecular formula is C18H24N2O3. The van der Waals surface area contributed by atoms with Crippen LogP contribution in [0.25, 0.3) is 0 Å². The highest BCUT2D eigenvalue weighted by Crippen LogP contribution is 2.37. The van der Waals surface area contributed by atoms with Crippen LogP contribution < -0.4 is 5.32 Å². The number of carbonyl (C=O) groups is 1. The number of fused-ring (bicyclic) bond motifs is 1. The van der Waals surface area contributed by atoms with Gasteiger partial charge >= 0.3 is 5.97 Å². The number of benzene rings is 1. The summed E-state index contributed by atoms with van der Waals surface area (Å²) < 4.78 is 5.11. The fraction of sp³-hybridized carbons (Fsp3) is 0.611. The molecule has 0 saturated carbocycles. The van der Waals surface area contributed by atoms with Crippen LogP contribution in [0.5, 0.6) is 0 Å². The Kier molecular flexibility index (Phi) is 3.67. The lowest BCUT2D eigenvalue weighted by Crippen LogP contribution is -2.47. The van der Waals surface area contributed by atoms with Crippen molar-refractivity contribution >= 4 is 5.97 Å². The Hall–Kier alpha value is -1.43. The van der Waals surface area contributed by atoms with Crippen LogP contribution in [0.2, 0.25) is 0 Å². The lowest BCUT2D eigenvalue weighted by Gasteiger charge is -2.36. The van der Waals surface area contributed by atoms with Crippen molar-refractivity contribution < 1.29 is 14.6 Å². The number of ether oxygens (including phenoxy) is 1. The van der Waals surface area contributed by atoms with Crippen LogP contribution >= 0.6 is 0 Å². The molecule has 2 fully saturated rings. The summed E-state index contributed by atoms with van der Waals surface area (Å²) >= 11 is 0. The molecule has 3 aliphatic heterocycles. The van der Waals surface area contributed by atoms with Gasteiger partial charge in [0, 0.05) is 24.2 Å². The van der Waals surface area contributed by atoms with Crippen LogP contribution in [-0.4, -0.2) is 47.7 Å². The predicted octanol–water partition coefficient (Wildman–Crippen LogP) is 1.53. The summed E-state index contributed by atoms with van der Waals surface area (Å²) in [5.41, 5.74) is 3.75. The Morgan fingerprint density at radius 1 is 1.43 bits per heavy atom. The molecule has 0 aliphatic carbocycles. The van der Waals surface area contributed by atoms with E-state index in [9.17, 15) is 9.90 Å². The topological polar surface area (TPSA) is 61.8 Å². The van der Waals surface area contributed by atoms with E-state index in [1.54, 1.807) is 6.07 Å². The zero-order valence-corrected chi connectivity index (χ0v) is 13.6. The van der Waals surface area contributed by atoms with Crippen molar-refractivity contribution in [3.05, 3.63) is 34.4 Å². The van der Waals surface area contributed by atoms with Gasteiger partial charge in [-0.15, -0.1) is 0 Å². The van der Waals surface area contributed by atoms with Gasteiger partial charge in [0.2, 0.25) is 0 Å². The van der Waals surface area contributed by atoms with Crippen molar-refractivity contribution in [2.24, 2.45) is 0 Å². The predicted molar refractivity (Wildman–Crippen MR) is 86.3 cm³/mol. The van der Waals surface area contributed by atoms with Crippen molar-refractivity contribution in [3.63, 3.8) is 0 Å². The summed E-state index contributed by atoms with van der Waals surface area (Å²) in [6.07, 6.45) is 3.08. The number of likely N-dealkylation sites (tertiary alicyclic amines) is 1. The third kappa shape index (κ3) is 2.38. The van der Waals surface area contributed by atoms with Crippen molar-refractivity contribution in [1.29, 1.82) is 0 Å². The molecule has 3 aliphatic rings. The van der Waals surface area contributed by atoms with Crippen molar-refractivity contribution in [1.82, 2.24) is 10.2 Å². The van der Waals surface area contributed by atoms with E-state index in [4.69, 9.17) is 4.74 Å². The van der Waals surface area contributed by atoms with Crippen LogP contribution in [-0.2, 0) is 11.3 Å². The van der Waals surface area contributed by atoms with Crippen molar-refractivity contribution in [2.75, 3.05) is 26.2 Å². The van der Waals surface area contributed by atoms with E-state index in [1.807, 2.05) is 13.0 Å². The maximum atomic E-state index is 11.6. The Morgan fingerprint density at radius 2 is 2.30 bits per heavy atom. The van der Waals surface area contributed by atoms with Crippen LogP contribution in [0.15, 0.2) is 12.1 Å². The smallest absolute Gasteiger partial charge is 0.338 e. The molecule has 0 bridgehead atoms. The van der Waals surface area contributed by atoms with Gasteiger partial charge in [0.25, 0.3) is 0 Å². The highest BCUT2D eigenvalue weighted by atomic mass is 16.5. The molecule has 124 valence electrons. The van der Waals surface area contributed by atoms with E-state index < -0.39 is 6.10 Å². The third-order valence-electron chi connectivity index (χ3n) is 5.92. The van der Waals surface area contributed by atoms with Crippen LogP contribution in [0.3, 0.4) is 0 Å². The highest BCUT2D eigenvalue weighted by molar-refractivity contribution is 5.93. The van der Waals surface area contributed by atoms with Gasteiger partial charge in [0.1, 0.15) is 6.61 Å². The summed E-state index contributed by atoms with van der Waals surface area (Å²) in [5, 5.41) is 14.3. The van der Waals surface area contributed by atoms with E-state index >= 15 is 0 Å². The number of cyclic esters (lactones) is 1. The molecule has 2 atom stereocenters. The third-order valence-corrected chi connectivity index (χ3v) is 5.92. The summed E-state index contributed by atoms with van der Waals surface area (Å²) in [4.78, 5) is 14.1. The standard InChI is InChI=1S/C18H24N2O3/c1-12-13(3-4-14-15(12)10-23-17(14)22)16(21)9-20-8-2-5-18(20)6-7-19-11-18/h3-4,16,19,21H,2,5-11H2,1H3/t16-,18?/m0/s1. The van der Waals surface area contributed by atoms with E-state index in [-0.39, 0.29) is 11.5 Å². The molecule has 5 heteroatoms. The Morgan fingerprint density at radius 3 is 3.09 bits per heavy atom. The molecule has 0 radical (unpaired) electrons. The lowest BCUT2D eigenvalue weighted by molar-refractivity contribution is 0.0535. The minimum Gasteiger partial charge on any atom is -0.457 e. The molecule has 1 spiro atoms. The SMILES string of the molecule is Cc1c([C@@H](O)CN2CCCC23CCNC3)ccc2c1COC2=O. The molecule has 23 heavy (non-hydrogen) atoms. The maximum absolute atomic E-state index is 11.6. The van der Waals surface area contributed by atoms with Gasteiger partial charge in [-0.3, -0.25) is 4.90 Å². The number of rotatable bonds is 3. The summed E-state index contributed by atoms with van der Waals surface area (Å²) in [6, 6.07) is 3.69. The largest absolute Gasteiger partial charge is 0.457 e. The van der Waals surface area contributed by atoms with E-state index in [1.165, 1.54) is 19.3 Å². The maximum Gasteiger partial charge on any atom is 0.338 e. The fourth-order valence-corrected chi connectivity index (χ4v) is 4.53. The second-order valence-corrected chi connectivity index (χ2v) is 7.10. The number of nitrogens with zero attached hydrogens (tertiary/aromatic N) is 1. The minimum absolute atomic E-state index is 0.241. The molecule has 1 aromatic rings. The monoisotopic (exact) mass is 316 g/mol. The normalized spacial score (nSPS) is 28.3. The summed E-state index contributed by atoms with van der Waals surface area (Å²) in [5.74, 6) is -0.250. The lowest BCUT2D eigenvalue weighted by atomic mass is 9.92. The van der Waals surface area contributed by atoms with Gasteiger partial charge in [-0.05, 0) is 56.5 Å². The Balaban J connectivity index is 1.56. The molecular weight excluding hydrogens is 292 g/mol. The van der Waals surface area contributed by atoms with Gasteiger partial charge in [-0.2, -0.15) is 0 Å². The Bertz CT molecular complexity index is 632.